The summed E-state index contributed by atoms with van der Waals surface area (Å²) in [6, 6.07) is 0.723. The van der Waals surface area contributed by atoms with Gasteiger partial charge in [-0.25, -0.2) is 9.59 Å². The first-order chi connectivity index (χ1) is 29.3. The van der Waals surface area contributed by atoms with E-state index in [4.69, 9.17) is 9.15 Å². The largest absolute Gasteiger partial charge is 0.444 e. The number of fused-ring (bicyclic) bond motifs is 2. The van der Waals surface area contributed by atoms with E-state index in [2.05, 4.69) is 4.90 Å². The van der Waals surface area contributed by atoms with Gasteiger partial charge in [0.25, 0.3) is 5.91 Å². The molecule has 0 aliphatic carbocycles. The van der Waals surface area contributed by atoms with Crippen molar-refractivity contribution < 1.29 is 37.9 Å². The van der Waals surface area contributed by atoms with Gasteiger partial charge in [0.15, 0.2) is 0 Å². The number of aryl methyl sites for hydroxylation is 2. The van der Waals surface area contributed by atoms with Gasteiger partial charge < -0.3 is 43.5 Å². The molecule has 9 rings (SSSR count). The van der Waals surface area contributed by atoms with E-state index in [0.717, 1.165) is 49.7 Å². The SMILES string of the molecule is CC(C)(C)OC(=O)N1CCN(C(=O)C2CCCN2C(=O)C2CCCN2C(=O)C2CCCN2C(=O)C2CCCN2C(=O)c2cc3cc4c5c(c3oc2=O)CCCN5CCC4)CC1. The highest BCUT2D eigenvalue weighted by molar-refractivity contribution is 6.02. The van der Waals surface area contributed by atoms with Crippen LogP contribution in [-0.2, 0) is 36.8 Å². The molecule has 1 aromatic heterocycles. The van der Waals surface area contributed by atoms with Gasteiger partial charge in [0.2, 0.25) is 23.6 Å². The van der Waals surface area contributed by atoms with Crippen LogP contribution in [0.1, 0.15) is 106 Å². The molecule has 7 aliphatic heterocycles. The summed E-state index contributed by atoms with van der Waals surface area (Å²) in [4.78, 5) is 109. The van der Waals surface area contributed by atoms with Crippen LogP contribution in [0.25, 0.3) is 11.0 Å². The Morgan fingerprint density at radius 3 is 1.64 bits per heavy atom. The molecule has 2 aromatic rings. The molecule has 7 aliphatic rings. The number of carbonyl (C=O) groups excluding carboxylic acids is 6. The number of amides is 6. The van der Waals surface area contributed by atoms with Crippen LogP contribution in [-0.4, -0.2) is 160 Å². The molecule has 5 saturated heterocycles. The summed E-state index contributed by atoms with van der Waals surface area (Å²) in [5.41, 5.74) is 2.55. The quantitative estimate of drug-likeness (QED) is 0.409. The molecule has 328 valence electrons. The minimum absolute atomic E-state index is 0.0861. The van der Waals surface area contributed by atoms with Gasteiger partial charge in [-0.3, -0.25) is 24.0 Å². The molecule has 4 atom stereocenters. The van der Waals surface area contributed by atoms with Crippen LogP contribution >= 0.6 is 0 Å². The van der Waals surface area contributed by atoms with Crippen LogP contribution in [0.4, 0.5) is 10.5 Å². The van der Waals surface area contributed by atoms with Gasteiger partial charge >= 0.3 is 11.7 Å². The van der Waals surface area contributed by atoms with Crippen LogP contribution in [0.2, 0.25) is 0 Å². The third-order valence-corrected chi connectivity index (χ3v) is 14.0. The van der Waals surface area contributed by atoms with E-state index in [1.54, 1.807) is 30.6 Å². The molecule has 5 fully saturated rings. The van der Waals surface area contributed by atoms with E-state index < -0.39 is 47.4 Å². The number of likely N-dealkylation sites (tertiary alicyclic amines) is 4. The third kappa shape index (κ3) is 7.61. The molecule has 0 bridgehead atoms. The number of hydrogen-bond donors (Lipinski definition) is 0. The molecule has 1 aromatic carbocycles. The zero-order valence-corrected chi connectivity index (χ0v) is 35.8. The number of ether oxygens (including phenoxy) is 1. The van der Waals surface area contributed by atoms with E-state index >= 15 is 0 Å². The Hall–Kier alpha value is -5.15. The lowest BCUT2D eigenvalue weighted by molar-refractivity contribution is -0.152. The fourth-order valence-corrected chi connectivity index (χ4v) is 11.1. The average molecular weight is 842 g/mol. The summed E-state index contributed by atoms with van der Waals surface area (Å²) < 4.78 is 11.4. The van der Waals surface area contributed by atoms with E-state index in [1.807, 2.05) is 26.8 Å². The molecular weight excluding hydrogens is 783 g/mol. The predicted molar refractivity (Wildman–Crippen MR) is 224 cm³/mol. The summed E-state index contributed by atoms with van der Waals surface area (Å²) in [6.07, 6.45) is 7.71. The number of nitrogens with zero attached hydrogens (tertiary/aromatic N) is 7. The second kappa shape index (κ2) is 16.3. The maximum Gasteiger partial charge on any atom is 0.410 e. The zero-order chi connectivity index (χ0) is 42.7. The summed E-state index contributed by atoms with van der Waals surface area (Å²) in [6.45, 7) is 10.2. The molecule has 0 radical (unpaired) electrons. The van der Waals surface area contributed by atoms with Crippen LogP contribution in [0.15, 0.2) is 21.3 Å². The monoisotopic (exact) mass is 841 g/mol. The lowest BCUT2D eigenvalue weighted by Crippen LogP contribution is -2.58. The molecule has 16 heteroatoms. The molecule has 6 amide bonds. The summed E-state index contributed by atoms with van der Waals surface area (Å²) in [5.74, 6) is -1.51. The Labute approximate surface area is 356 Å². The fourth-order valence-electron chi connectivity index (χ4n) is 11.1. The Kier molecular flexibility index (Phi) is 11.0. The maximum absolute atomic E-state index is 14.4. The molecule has 61 heavy (non-hydrogen) atoms. The Bertz CT molecular complexity index is 2190. The zero-order valence-electron chi connectivity index (χ0n) is 35.8. The van der Waals surface area contributed by atoms with E-state index in [9.17, 15) is 33.6 Å². The fraction of sp³-hybridized carbons (Fsp3) is 0.667. The van der Waals surface area contributed by atoms with Gasteiger partial charge in [-0.1, -0.05) is 0 Å². The van der Waals surface area contributed by atoms with Crippen molar-refractivity contribution in [2.45, 2.75) is 128 Å². The van der Waals surface area contributed by atoms with Gasteiger partial charge in [0.1, 0.15) is 40.9 Å². The van der Waals surface area contributed by atoms with Crippen LogP contribution in [0, 0.1) is 0 Å². The number of rotatable bonds is 5. The highest BCUT2D eigenvalue weighted by Crippen LogP contribution is 2.40. The number of carbonyl (C=O) groups is 6. The second-order valence-electron chi connectivity index (χ2n) is 18.9. The smallest absolute Gasteiger partial charge is 0.410 e. The van der Waals surface area contributed by atoms with Crippen molar-refractivity contribution in [2.75, 3.05) is 70.3 Å². The Morgan fingerprint density at radius 2 is 1.08 bits per heavy atom. The molecular formula is C45H59N7O9. The first-order valence-corrected chi connectivity index (χ1v) is 22.7. The highest BCUT2D eigenvalue weighted by Gasteiger charge is 2.48. The first kappa shape index (κ1) is 41.2. The van der Waals surface area contributed by atoms with E-state index in [1.165, 1.54) is 16.2 Å². The predicted octanol–water partition coefficient (Wildman–Crippen LogP) is 3.15. The van der Waals surface area contributed by atoms with Gasteiger partial charge in [-0.2, -0.15) is 0 Å². The maximum atomic E-state index is 14.4. The number of hydrogen-bond acceptors (Lipinski definition) is 10. The summed E-state index contributed by atoms with van der Waals surface area (Å²) in [7, 11) is 0. The van der Waals surface area contributed by atoms with Crippen LogP contribution in [0.5, 0.6) is 0 Å². The minimum atomic E-state index is -0.826. The van der Waals surface area contributed by atoms with Gasteiger partial charge in [-0.05, 0) is 116 Å². The highest BCUT2D eigenvalue weighted by atomic mass is 16.6. The number of piperazine rings is 1. The number of anilines is 1. The normalized spacial score (nSPS) is 25.4. The molecule has 0 N–H and O–H groups in total. The number of benzene rings is 1. The molecule has 8 heterocycles. The molecule has 0 saturated carbocycles. The summed E-state index contributed by atoms with van der Waals surface area (Å²) >= 11 is 0. The second-order valence-corrected chi connectivity index (χ2v) is 18.9. The Balaban J connectivity index is 0.862. The minimum Gasteiger partial charge on any atom is -0.444 e. The topological polar surface area (TPSA) is 165 Å². The van der Waals surface area contributed by atoms with Crippen molar-refractivity contribution in [3.63, 3.8) is 0 Å². The van der Waals surface area contributed by atoms with Crippen molar-refractivity contribution in [1.82, 2.24) is 29.4 Å². The average Bonchev–Trinajstić information content (AvgIpc) is 4.10. The van der Waals surface area contributed by atoms with Crippen LogP contribution in [0.3, 0.4) is 0 Å². The molecule has 4 unspecified atom stereocenters. The first-order valence-electron chi connectivity index (χ1n) is 22.7. The van der Waals surface area contributed by atoms with E-state index in [-0.39, 0.29) is 29.2 Å². The van der Waals surface area contributed by atoms with Crippen molar-refractivity contribution in [1.29, 1.82) is 0 Å². The van der Waals surface area contributed by atoms with Crippen LogP contribution < -0.4 is 10.5 Å². The third-order valence-electron chi connectivity index (χ3n) is 14.0. The Morgan fingerprint density at radius 1 is 0.590 bits per heavy atom. The molecule has 0 spiro atoms. The van der Waals surface area contributed by atoms with Crippen molar-refractivity contribution in [3.8, 4) is 0 Å². The van der Waals surface area contributed by atoms with Crippen molar-refractivity contribution in [3.05, 3.63) is 39.2 Å². The van der Waals surface area contributed by atoms with Crippen molar-refractivity contribution in [2.24, 2.45) is 0 Å². The van der Waals surface area contributed by atoms with Crippen molar-refractivity contribution >= 4 is 52.3 Å². The van der Waals surface area contributed by atoms with Gasteiger partial charge in [-0.15, -0.1) is 0 Å². The van der Waals surface area contributed by atoms with Gasteiger partial charge in [0.05, 0.1) is 0 Å². The summed E-state index contributed by atoms with van der Waals surface area (Å²) in [5, 5.41) is 0.727. The standard InChI is InChI=1S/C45H59N7O9/c1-45(2,3)61-44(59)48-24-22-47(23-25-48)39(54)32-12-6-19-50(32)41(56)34-14-8-21-52(34)42(57)35-15-9-20-51(35)40(55)33-13-7-18-49(33)38(53)31-27-29-26-28-10-4-16-46-17-5-11-30(36(28)46)37(29)60-43(31)58/h26-27,32-35H,4-25H2,1-3H3. The molecule has 16 nitrogen and oxygen atoms in total. The van der Waals surface area contributed by atoms with Gasteiger partial charge in [0, 0.05) is 82.1 Å². The lowest BCUT2D eigenvalue weighted by atomic mass is 9.90. The lowest BCUT2D eigenvalue weighted by Gasteiger charge is -2.38. The van der Waals surface area contributed by atoms with E-state index in [0.29, 0.717) is 109 Å².